The second kappa shape index (κ2) is 8.32. The molecule has 1 aliphatic rings. The van der Waals surface area contributed by atoms with Crippen LogP contribution in [0.4, 0.5) is 0 Å². The van der Waals surface area contributed by atoms with Crippen molar-refractivity contribution in [3.63, 3.8) is 0 Å². The number of hydrogen-bond acceptors (Lipinski definition) is 6. The standard InChI is InChI=1S/C19H24N4O4/c1-13-5-3-4-6-15(13)23-18(25)16(17(24)21-19(23)26)14(2)20-7-8-22-9-11-27-12-10-22/h3-6,25H,7-12H2,1-2H3,(H,21,24,26). The van der Waals surface area contributed by atoms with Gasteiger partial charge in [-0.15, -0.1) is 0 Å². The maximum Gasteiger partial charge on any atom is 0.335 e. The smallest absolute Gasteiger partial charge is 0.335 e. The van der Waals surface area contributed by atoms with Gasteiger partial charge < -0.3 is 9.84 Å². The van der Waals surface area contributed by atoms with Crippen LogP contribution in [0.1, 0.15) is 18.1 Å². The first-order valence-electron chi connectivity index (χ1n) is 8.95. The van der Waals surface area contributed by atoms with E-state index in [-0.39, 0.29) is 5.56 Å². The number of ether oxygens (including phenoxy) is 1. The molecule has 1 saturated heterocycles. The van der Waals surface area contributed by atoms with Gasteiger partial charge in [-0.2, -0.15) is 0 Å². The molecule has 144 valence electrons. The van der Waals surface area contributed by atoms with Crippen molar-refractivity contribution in [2.75, 3.05) is 39.4 Å². The van der Waals surface area contributed by atoms with Gasteiger partial charge in [0.1, 0.15) is 5.56 Å². The van der Waals surface area contributed by atoms with Crippen molar-refractivity contribution in [1.29, 1.82) is 0 Å². The summed E-state index contributed by atoms with van der Waals surface area (Å²) in [4.78, 5) is 33.5. The van der Waals surface area contributed by atoms with Crippen LogP contribution >= 0.6 is 0 Å². The Morgan fingerprint density at radius 2 is 1.96 bits per heavy atom. The zero-order valence-electron chi connectivity index (χ0n) is 15.6. The lowest BCUT2D eigenvalue weighted by molar-refractivity contribution is 0.0394. The Balaban J connectivity index is 1.92. The van der Waals surface area contributed by atoms with Crippen LogP contribution in [-0.2, 0) is 4.74 Å². The van der Waals surface area contributed by atoms with Gasteiger partial charge in [0, 0.05) is 25.3 Å². The molecule has 1 fully saturated rings. The van der Waals surface area contributed by atoms with Gasteiger partial charge in [-0.1, -0.05) is 18.2 Å². The van der Waals surface area contributed by atoms with Crippen molar-refractivity contribution in [3.8, 4) is 11.6 Å². The normalized spacial score (nSPS) is 15.9. The Morgan fingerprint density at radius 3 is 2.67 bits per heavy atom. The molecule has 8 nitrogen and oxygen atoms in total. The molecule has 2 heterocycles. The number of nitrogens with one attached hydrogen (secondary N) is 1. The van der Waals surface area contributed by atoms with E-state index in [9.17, 15) is 14.7 Å². The molecule has 1 aromatic heterocycles. The number of hydrogen-bond donors (Lipinski definition) is 2. The molecule has 2 N–H and O–H groups in total. The Bertz CT molecular complexity index is 955. The van der Waals surface area contributed by atoms with Crippen LogP contribution in [0.5, 0.6) is 5.88 Å². The van der Waals surface area contributed by atoms with Crippen LogP contribution in [0.2, 0.25) is 0 Å². The van der Waals surface area contributed by atoms with E-state index in [0.717, 1.165) is 29.8 Å². The van der Waals surface area contributed by atoms with E-state index in [4.69, 9.17) is 4.74 Å². The molecular formula is C19H24N4O4. The molecule has 0 spiro atoms. The molecule has 3 rings (SSSR count). The molecule has 1 aromatic carbocycles. The predicted molar refractivity (Wildman–Crippen MR) is 103 cm³/mol. The number of nitrogens with zero attached hydrogens (tertiary/aromatic N) is 3. The van der Waals surface area contributed by atoms with Crippen molar-refractivity contribution in [1.82, 2.24) is 14.5 Å². The van der Waals surface area contributed by atoms with E-state index in [1.54, 1.807) is 19.1 Å². The molecular weight excluding hydrogens is 348 g/mol. The number of benzene rings is 1. The Labute approximate surface area is 156 Å². The number of morpholine rings is 1. The van der Waals surface area contributed by atoms with Crippen molar-refractivity contribution in [2.45, 2.75) is 13.8 Å². The molecule has 0 amide bonds. The van der Waals surface area contributed by atoms with Crippen molar-refractivity contribution in [2.24, 2.45) is 4.99 Å². The molecule has 0 unspecified atom stereocenters. The van der Waals surface area contributed by atoms with E-state index < -0.39 is 17.1 Å². The van der Waals surface area contributed by atoms with Gasteiger partial charge in [0.15, 0.2) is 0 Å². The fraction of sp³-hybridized carbons (Fsp3) is 0.421. The van der Waals surface area contributed by atoms with E-state index in [1.165, 1.54) is 0 Å². The first-order chi connectivity index (χ1) is 13.0. The van der Waals surface area contributed by atoms with Crippen molar-refractivity contribution >= 4 is 5.71 Å². The van der Waals surface area contributed by atoms with Gasteiger partial charge in [0.05, 0.1) is 25.4 Å². The number of aliphatic imine (C=N–C) groups is 1. The summed E-state index contributed by atoms with van der Waals surface area (Å²) in [6.07, 6.45) is 0. The van der Waals surface area contributed by atoms with Crippen LogP contribution in [-0.4, -0.2) is 64.7 Å². The highest BCUT2D eigenvalue weighted by molar-refractivity contribution is 6.00. The molecule has 27 heavy (non-hydrogen) atoms. The molecule has 0 atom stereocenters. The second-order valence-corrected chi connectivity index (χ2v) is 6.50. The Kier molecular flexibility index (Phi) is 5.88. The summed E-state index contributed by atoms with van der Waals surface area (Å²) < 4.78 is 6.42. The fourth-order valence-corrected chi connectivity index (χ4v) is 3.15. The maximum absolute atomic E-state index is 12.3. The number of H-pyrrole nitrogens is 1. The lowest BCUT2D eigenvalue weighted by Crippen LogP contribution is -2.38. The van der Waals surface area contributed by atoms with Crippen molar-refractivity contribution in [3.05, 3.63) is 56.2 Å². The summed E-state index contributed by atoms with van der Waals surface area (Å²) in [5, 5.41) is 10.7. The van der Waals surface area contributed by atoms with E-state index in [0.29, 0.717) is 31.2 Å². The molecule has 0 saturated carbocycles. The number of aromatic hydroxyl groups is 1. The van der Waals surface area contributed by atoms with Gasteiger partial charge in [0.25, 0.3) is 5.56 Å². The average Bonchev–Trinajstić information content (AvgIpc) is 2.64. The third kappa shape index (κ3) is 4.17. The number of rotatable bonds is 5. The van der Waals surface area contributed by atoms with Crippen LogP contribution in [0.3, 0.4) is 0 Å². The first kappa shape index (κ1) is 19.1. The lowest BCUT2D eigenvalue weighted by Gasteiger charge is -2.25. The third-order valence-corrected chi connectivity index (χ3v) is 4.67. The highest BCUT2D eigenvalue weighted by Crippen LogP contribution is 2.19. The Morgan fingerprint density at radius 1 is 1.26 bits per heavy atom. The monoisotopic (exact) mass is 372 g/mol. The van der Waals surface area contributed by atoms with Crippen LogP contribution < -0.4 is 11.2 Å². The second-order valence-electron chi connectivity index (χ2n) is 6.50. The SMILES string of the molecule is CC(=NCCN1CCOCC1)c1c(O)n(-c2ccccc2C)c(=O)[nH]c1=O. The van der Waals surface area contributed by atoms with Gasteiger partial charge in [-0.25, -0.2) is 9.36 Å². The van der Waals surface area contributed by atoms with E-state index in [2.05, 4.69) is 14.9 Å². The summed E-state index contributed by atoms with van der Waals surface area (Å²) in [6.45, 7) is 7.88. The minimum absolute atomic E-state index is 0.0137. The maximum atomic E-state index is 12.3. The van der Waals surface area contributed by atoms with E-state index >= 15 is 0 Å². The topological polar surface area (TPSA) is 99.9 Å². The summed E-state index contributed by atoms with van der Waals surface area (Å²) in [6, 6.07) is 7.15. The predicted octanol–water partition coefficient (Wildman–Crippen LogP) is 0.681. The molecule has 0 radical (unpaired) electrons. The van der Waals surface area contributed by atoms with Gasteiger partial charge in [-0.05, 0) is 25.5 Å². The molecule has 0 bridgehead atoms. The summed E-state index contributed by atoms with van der Waals surface area (Å²) in [7, 11) is 0. The summed E-state index contributed by atoms with van der Waals surface area (Å²) >= 11 is 0. The third-order valence-electron chi connectivity index (χ3n) is 4.67. The Hall–Kier alpha value is -2.71. The highest BCUT2D eigenvalue weighted by atomic mass is 16.5. The number of aromatic amines is 1. The molecule has 2 aromatic rings. The van der Waals surface area contributed by atoms with Gasteiger partial charge >= 0.3 is 5.69 Å². The quantitative estimate of drug-likeness (QED) is 0.752. The number of aromatic nitrogens is 2. The van der Waals surface area contributed by atoms with Gasteiger partial charge in [-0.3, -0.25) is 19.7 Å². The minimum Gasteiger partial charge on any atom is -0.493 e. The first-order valence-corrected chi connectivity index (χ1v) is 8.95. The molecule has 1 aliphatic heterocycles. The number of para-hydroxylation sites is 1. The zero-order valence-corrected chi connectivity index (χ0v) is 15.6. The molecule has 0 aliphatic carbocycles. The largest absolute Gasteiger partial charge is 0.493 e. The number of aryl methyl sites for hydroxylation is 1. The summed E-state index contributed by atoms with van der Waals surface area (Å²) in [5.74, 6) is -0.398. The zero-order chi connectivity index (χ0) is 19.4. The van der Waals surface area contributed by atoms with Crippen LogP contribution in [0, 0.1) is 6.92 Å². The van der Waals surface area contributed by atoms with Crippen LogP contribution in [0.15, 0.2) is 38.8 Å². The van der Waals surface area contributed by atoms with Crippen LogP contribution in [0.25, 0.3) is 5.69 Å². The fourth-order valence-electron chi connectivity index (χ4n) is 3.15. The average molecular weight is 372 g/mol. The van der Waals surface area contributed by atoms with Gasteiger partial charge in [0.2, 0.25) is 5.88 Å². The highest BCUT2D eigenvalue weighted by Gasteiger charge is 2.18. The van der Waals surface area contributed by atoms with E-state index in [1.807, 2.05) is 19.1 Å². The minimum atomic E-state index is -0.684. The molecule has 8 heteroatoms. The van der Waals surface area contributed by atoms with Crippen molar-refractivity contribution < 1.29 is 9.84 Å². The summed E-state index contributed by atoms with van der Waals surface area (Å²) in [5.41, 5.74) is 0.393. The lowest BCUT2D eigenvalue weighted by atomic mass is 10.1.